The Labute approximate surface area is 150 Å². The van der Waals surface area contributed by atoms with E-state index in [0.29, 0.717) is 16.1 Å². The molecule has 1 unspecified atom stereocenters. The van der Waals surface area contributed by atoms with E-state index in [9.17, 15) is 21.6 Å². The number of hydrogen-bond donors (Lipinski definition) is 1. The lowest BCUT2D eigenvalue weighted by Gasteiger charge is -2.65. The molecule has 0 aromatic heterocycles. The average molecular weight is 386 g/mol. The highest BCUT2D eigenvalue weighted by atomic mass is 32.2. The number of rotatable bonds is 3. The molecule has 0 amide bonds. The van der Waals surface area contributed by atoms with Crippen LogP contribution in [0.1, 0.15) is 49.1 Å². The number of halogens is 3. The van der Waals surface area contributed by atoms with Gasteiger partial charge in [0.15, 0.2) is 0 Å². The fourth-order valence-corrected chi connectivity index (χ4v) is 5.96. The van der Waals surface area contributed by atoms with E-state index < -0.39 is 15.5 Å². The lowest BCUT2D eigenvalue weighted by Crippen LogP contribution is -2.63. The van der Waals surface area contributed by atoms with Gasteiger partial charge >= 0.3 is 15.5 Å². The van der Waals surface area contributed by atoms with Gasteiger partial charge in [0.1, 0.15) is 0 Å². The van der Waals surface area contributed by atoms with Gasteiger partial charge in [-0.2, -0.15) is 17.5 Å². The predicted molar refractivity (Wildman–Crippen MR) is 91.0 cm³/mol. The lowest BCUT2D eigenvalue weighted by atomic mass is 9.42. The van der Waals surface area contributed by atoms with E-state index in [1.807, 2.05) is 18.2 Å². The van der Waals surface area contributed by atoms with E-state index in [1.54, 1.807) is 0 Å². The van der Waals surface area contributed by atoms with Crippen molar-refractivity contribution in [3.63, 3.8) is 0 Å². The molecule has 5 aliphatic rings. The number of benzene rings is 1. The third kappa shape index (κ3) is 2.34. The first-order valence-corrected chi connectivity index (χ1v) is 10.6. The van der Waals surface area contributed by atoms with Gasteiger partial charge in [0.25, 0.3) is 0 Å². The van der Waals surface area contributed by atoms with Crippen LogP contribution < -0.4 is 5.32 Å². The highest BCUT2D eigenvalue weighted by Crippen LogP contribution is 2.67. The molecule has 4 aliphatic carbocycles. The molecule has 0 saturated heterocycles. The van der Waals surface area contributed by atoms with Gasteiger partial charge < -0.3 is 5.32 Å². The average Bonchev–Trinajstić information content (AvgIpc) is 3.28. The van der Waals surface area contributed by atoms with Gasteiger partial charge in [-0.05, 0) is 66.5 Å². The Balaban J connectivity index is 1.58. The van der Waals surface area contributed by atoms with E-state index in [2.05, 4.69) is 5.32 Å². The summed E-state index contributed by atoms with van der Waals surface area (Å²) in [6.07, 6.45) is 4.99. The van der Waals surface area contributed by atoms with Gasteiger partial charge in [-0.15, -0.1) is 0 Å². The number of nitrogens with zero attached hydrogens (tertiary/aromatic N) is 1. The van der Waals surface area contributed by atoms with E-state index in [0.717, 1.165) is 48.9 Å². The minimum atomic E-state index is -5.35. The Kier molecular flexibility index (Phi) is 3.35. The molecular weight excluding hydrogens is 365 g/mol. The minimum Gasteiger partial charge on any atom is -0.380 e. The third-order valence-electron chi connectivity index (χ3n) is 6.74. The maximum atomic E-state index is 13.3. The second-order valence-electron chi connectivity index (χ2n) is 8.43. The van der Waals surface area contributed by atoms with Crippen LogP contribution in [0.3, 0.4) is 0 Å². The SMILES string of the molecule is O=S(=O)(N1Cc2c(cccc2C2CC2)NC(C23CC(C2)C3)C1)C(F)(F)F. The van der Waals surface area contributed by atoms with E-state index >= 15 is 0 Å². The molecule has 26 heavy (non-hydrogen) atoms. The molecule has 4 fully saturated rings. The molecular formula is C18H21F3N2O2S. The number of nitrogens with one attached hydrogen (secondary N) is 1. The molecule has 1 aromatic carbocycles. The summed E-state index contributed by atoms with van der Waals surface area (Å²) >= 11 is 0. The third-order valence-corrected chi connectivity index (χ3v) is 8.28. The summed E-state index contributed by atoms with van der Waals surface area (Å²) < 4.78 is 65.0. The largest absolute Gasteiger partial charge is 0.511 e. The second kappa shape index (κ2) is 5.16. The van der Waals surface area contributed by atoms with Crippen LogP contribution in [0.15, 0.2) is 18.2 Å². The quantitative estimate of drug-likeness (QED) is 0.860. The summed E-state index contributed by atoms with van der Waals surface area (Å²) in [6.45, 7) is -0.319. The van der Waals surface area contributed by atoms with Crippen LogP contribution in [0.5, 0.6) is 0 Å². The van der Waals surface area contributed by atoms with Crippen LogP contribution in [0.4, 0.5) is 18.9 Å². The zero-order valence-corrected chi connectivity index (χ0v) is 15.0. The van der Waals surface area contributed by atoms with Gasteiger partial charge in [-0.3, -0.25) is 0 Å². The van der Waals surface area contributed by atoms with Crippen LogP contribution >= 0.6 is 0 Å². The van der Waals surface area contributed by atoms with Crippen molar-refractivity contribution in [2.24, 2.45) is 11.3 Å². The molecule has 8 heteroatoms. The molecule has 4 saturated carbocycles. The fourth-order valence-electron chi connectivity index (χ4n) is 5.02. The van der Waals surface area contributed by atoms with Crippen molar-refractivity contribution >= 4 is 15.7 Å². The summed E-state index contributed by atoms with van der Waals surface area (Å²) in [5.41, 5.74) is -2.78. The summed E-state index contributed by atoms with van der Waals surface area (Å²) in [5, 5.41) is 3.44. The topological polar surface area (TPSA) is 49.4 Å². The Morgan fingerprint density at radius 2 is 1.85 bits per heavy atom. The van der Waals surface area contributed by atoms with Gasteiger partial charge in [-0.1, -0.05) is 12.1 Å². The Morgan fingerprint density at radius 3 is 2.38 bits per heavy atom. The summed E-state index contributed by atoms with van der Waals surface area (Å²) in [5.74, 6) is 1.01. The van der Waals surface area contributed by atoms with Gasteiger partial charge in [0.05, 0.1) is 0 Å². The van der Waals surface area contributed by atoms with Crippen molar-refractivity contribution in [1.29, 1.82) is 0 Å². The molecule has 142 valence electrons. The van der Waals surface area contributed by atoms with Crippen LogP contribution in [-0.4, -0.2) is 30.8 Å². The normalized spacial score (nSPS) is 34.1. The first kappa shape index (κ1) is 16.9. The number of fused-ring (bicyclic) bond motifs is 1. The van der Waals surface area contributed by atoms with Crippen molar-refractivity contribution in [1.82, 2.24) is 4.31 Å². The van der Waals surface area contributed by atoms with E-state index in [4.69, 9.17) is 0 Å². The van der Waals surface area contributed by atoms with Crippen molar-refractivity contribution in [3.8, 4) is 0 Å². The van der Waals surface area contributed by atoms with Crippen molar-refractivity contribution in [2.75, 3.05) is 11.9 Å². The standard InChI is InChI=1S/C18H21F3N2O2S/c19-18(20,21)26(24,25)23-9-14-13(12-4-5-12)2-1-3-15(14)22-16(10-23)17-6-11(7-17)8-17/h1-3,11-12,16,22H,4-10H2. The number of sulfonamides is 1. The van der Waals surface area contributed by atoms with Gasteiger partial charge in [0, 0.05) is 24.8 Å². The predicted octanol–water partition coefficient (Wildman–Crippen LogP) is 3.81. The Bertz CT molecular complexity index is 847. The van der Waals surface area contributed by atoms with Crippen LogP contribution in [0.2, 0.25) is 0 Å². The minimum absolute atomic E-state index is 0.0404. The summed E-state index contributed by atoms with van der Waals surface area (Å²) in [7, 11) is -5.35. The molecule has 1 N–H and O–H groups in total. The molecule has 1 aromatic rings. The molecule has 0 radical (unpaired) electrons. The zero-order valence-electron chi connectivity index (χ0n) is 14.2. The van der Waals surface area contributed by atoms with Crippen LogP contribution in [-0.2, 0) is 16.6 Å². The molecule has 1 atom stereocenters. The summed E-state index contributed by atoms with van der Waals surface area (Å²) in [4.78, 5) is 0. The molecule has 1 heterocycles. The maximum Gasteiger partial charge on any atom is 0.511 e. The Morgan fingerprint density at radius 1 is 1.15 bits per heavy atom. The molecule has 1 aliphatic heterocycles. The zero-order chi connectivity index (χ0) is 18.3. The molecule has 4 nitrogen and oxygen atoms in total. The molecule has 0 spiro atoms. The highest BCUT2D eigenvalue weighted by Gasteiger charge is 2.62. The van der Waals surface area contributed by atoms with Crippen LogP contribution in [0.25, 0.3) is 0 Å². The van der Waals surface area contributed by atoms with Crippen molar-refractivity contribution in [3.05, 3.63) is 29.3 Å². The number of anilines is 1. The van der Waals surface area contributed by atoms with Gasteiger partial charge in [0.2, 0.25) is 0 Å². The maximum absolute atomic E-state index is 13.3. The van der Waals surface area contributed by atoms with E-state index in [1.165, 1.54) is 0 Å². The Hall–Kier alpha value is -1.28. The first-order valence-electron chi connectivity index (χ1n) is 9.14. The lowest BCUT2D eigenvalue weighted by molar-refractivity contribution is -0.122. The fraction of sp³-hybridized carbons (Fsp3) is 0.667. The molecule has 2 bridgehead atoms. The summed E-state index contributed by atoms with van der Waals surface area (Å²) in [6, 6.07) is 5.47. The van der Waals surface area contributed by atoms with Crippen molar-refractivity contribution in [2.45, 2.75) is 56.1 Å². The van der Waals surface area contributed by atoms with Crippen molar-refractivity contribution < 1.29 is 21.6 Å². The highest BCUT2D eigenvalue weighted by molar-refractivity contribution is 7.89. The first-order chi connectivity index (χ1) is 12.2. The molecule has 6 rings (SSSR count). The van der Waals surface area contributed by atoms with Crippen LogP contribution in [0, 0.1) is 11.3 Å². The second-order valence-corrected chi connectivity index (χ2v) is 10.4. The van der Waals surface area contributed by atoms with Gasteiger partial charge in [-0.25, -0.2) is 8.42 Å². The number of hydrogen-bond acceptors (Lipinski definition) is 3. The van der Waals surface area contributed by atoms with E-state index in [-0.39, 0.29) is 24.5 Å². The monoisotopic (exact) mass is 386 g/mol. The smallest absolute Gasteiger partial charge is 0.380 e. The number of alkyl halides is 3.